The molecule has 2 aromatic carbocycles. The van der Waals surface area contributed by atoms with E-state index >= 15 is 0 Å². The zero-order valence-electron chi connectivity index (χ0n) is 16.1. The number of fused-ring (bicyclic) bond motifs is 3. The van der Waals surface area contributed by atoms with E-state index in [0.717, 1.165) is 5.56 Å². The van der Waals surface area contributed by atoms with E-state index in [2.05, 4.69) is 15.2 Å². The van der Waals surface area contributed by atoms with Crippen molar-refractivity contribution in [3.8, 4) is 5.69 Å². The van der Waals surface area contributed by atoms with Gasteiger partial charge in [0, 0.05) is 6.20 Å². The molecule has 5 rings (SSSR count). The maximum atomic E-state index is 13.3. The molecular weight excluding hydrogens is 398 g/mol. The van der Waals surface area contributed by atoms with Gasteiger partial charge in [-0.05, 0) is 43.3 Å². The number of carbonyl (C=O) groups is 1. The first-order valence-electron chi connectivity index (χ1n) is 9.39. The average molecular weight is 415 g/mol. The van der Waals surface area contributed by atoms with Gasteiger partial charge in [-0.3, -0.25) is 14.0 Å². The van der Waals surface area contributed by atoms with Crippen molar-refractivity contribution < 1.29 is 4.79 Å². The van der Waals surface area contributed by atoms with Gasteiger partial charge in [-0.15, -0.1) is 10.2 Å². The van der Waals surface area contributed by atoms with Crippen molar-refractivity contribution in [1.82, 2.24) is 24.1 Å². The summed E-state index contributed by atoms with van der Waals surface area (Å²) in [5.74, 6) is 0.592. The predicted octanol–water partition coefficient (Wildman–Crippen LogP) is 3.64. The van der Waals surface area contributed by atoms with E-state index in [9.17, 15) is 9.59 Å². The van der Waals surface area contributed by atoms with Gasteiger partial charge < -0.3 is 4.98 Å². The Morgan fingerprint density at radius 2 is 1.83 bits per heavy atom. The fraction of sp³-hybridized carbons (Fsp3) is 0.0909. The van der Waals surface area contributed by atoms with Crippen LogP contribution in [0, 0.1) is 6.92 Å². The molecule has 0 saturated carbocycles. The van der Waals surface area contributed by atoms with Crippen LogP contribution in [0.4, 0.5) is 0 Å². The second kappa shape index (κ2) is 7.31. The van der Waals surface area contributed by atoms with Gasteiger partial charge in [0.25, 0.3) is 5.56 Å². The van der Waals surface area contributed by atoms with Gasteiger partial charge in [-0.1, -0.05) is 41.6 Å². The van der Waals surface area contributed by atoms with Crippen LogP contribution < -0.4 is 5.56 Å². The zero-order valence-corrected chi connectivity index (χ0v) is 16.9. The highest BCUT2D eigenvalue weighted by Gasteiger charge is 2.19. The summed E-state index contributed by atoms with van der Waals surface area (Å²) in [6, 6.07) is 18.6. The number of ketones is 1. The number of rotatable bonds is 5. The van der Waals surface area contributed by atoms with Crippen LogP contribution >= 0.6 is 11.8 Å². The molecule has 3 heterocycles. The average Bonchev–Trinajstić information content (AvgIpc) is 3.44. The number of para-hydroxylation sites is 1. The number of aryl methyl sites for hydroxylation is 1. The van der Waals surface area contributed by atoms with Gasteiger partial charge >= 0.3 is 0 Å². The molecular formula is C22H17N5O2S. The molecule has 0 aliphatic heterocycles. The SMILES string of the molecule is Cc1ccc(-n2c(=O)c3ccccc3n3c(SCC(=O)c4ccc[nH]4)nnc23)cc1. The summed E-state index contributed by atoms with van der Waals surface area (Å²) in [6.07, 6.45) is 1.72. The van der Waals surface area contributed by atoms with Crippen LogP contribution in [-0.2, 0) is 0 Å². The minimum Gasteiger partial charge on any atom is -0.359 e. The van der Waals surface area contributed by atoms with Crippen molar-refractivity contribution >= 4 is 34.2 Å². The minimum atomic E-state index is -0.159. The van der Waals surface area contributed by atoms with Crippen molar-refractivity contribution in [3.63, 3.8) is 0 Å². The van der Waals surface area contributed by atoms with E-state index in [1.807, 2.05) is 53.8 Å². The quantitative estimate of drug-likeness (QED) is 0.350. The Kier molecular flexibility index (Phi) is 4.48. The first-order valence-corrected chi connectivity index (χ1v) is 10.4. The molecule has 0 atom stereocenters. The van der Waals surface area contributed by atoms with Crippen LogP contribution in [0.15, 0.2) is 76.8 Å². The second-order valence-corrected chi connectivity index (χ2v) is 7.85. The van der Waals surface area contributed by atoms with Crippen LogP contribution in [0.3, 0.4) is 0 Å². The van der Waals surface area contributed by atoms with Gasteiger partial charge in [-0.25, -0.2) is 4.57 Å². The number of thioether (sulfide) groups is 1. The smallest absolute Gasteiger partial charge is 0.267 e. The molecule has 0 spiro atoms. The third kappa shape index (κ3) is 3.02. The molecule has 3 aromatic heterocycles. The molecule has 7 nitrogen and oxygen atoms in total. The lowest BCUT2D eigenvalue weighted by Gasteiger charge is -2.11. The number of hydrogen-bond donors (Lipinski definition) is 1. The number of nitrogens with zero attached hydrogens (tertiary/aromatic N) is 4. The number of benzene rings is 2. The largest absolute Gasteiger partial charge is 0.359 e. The van der Waals surface area contributed by atoms with Gasteiger partial charge in [0.05, 0.1) is 28.0 Å². The van der Waals surface area contributed by atoms with Crippen molar-refractivity contribution in [2.75, 3.05) is 5.75 Å². The van der Waals surface area contributed by atoms with Gasteiger partial charge in [0.1, 0.15) is 0 Å². The van der Waals surface area contributed by atoms with Gasteiger partial charge in [0.15, 0.2) is 10.9 Å². The summed E-state index contributed by atoms with van der Waals surface area (Å²) in [7, 11) is 0. The third-order valence-electron chi connectivity index (χ3n) is 4.92. The molecule has 5 aromatic rings. The summed E-state index contributed by atoms with van der Waals surface area (Å²) in [5.41, 5.74) is 2.92. The van der Waals surface area contributed by atoms with Crippen LogP contribution in [0.5, 0.6) is 0 Å². The van der Waals surface area contributed by atoms with E-state index in [1.54, 1.807) is 29.0 Å². The summed E-state index contributed by atoms with van der Waals surface area (Å²) < 4.78 is 3.40. The molecule has 0 fully saturated rings. The zero-order chi connectivity index (χ0) is 20.7. The molecule has 1 N–H and O–H groups in total. The molecule has 0 aliphatic rings. The Hall–Kier alpha value is -3.65. The normalized spacial score (nSPS) is 11.4. The highest BCUT2D eigenvalue weighted by Crippen LogP contribution is 2.23. The van der Waals surface area contributed by atoms with Crippen LogP contribution in [-0.4, -0.2) is 35.7 Å². The molecule has 0 aliphatic carbocycles. The van der Waals surface area contributed by atoms with Crippen LogP contribution in [0.1, 0.15) is 16.1 Å². The van der Waals surface area contributed by atoms with Crippen molar-refractivity contribution in [2.45, 2.75) is 12.1 Å². The molecule has 30 heavy (non-hydrogen) atoms. The summed E-state index contributed by atoms with van der Waals surface area (Å²) in [5, 5.41) is 9.72. The van der Waals surface area contributed by atoms with E-state index in [1.165, 1.54) is 11.8 Å². The van der Waals surface area contributed by atoms with Crippen LogP contribution in [0.2, 0.25) is 0 Å². The monoisotopic (exact) mass is 415 g/mol. The number of H-pyrrole nitrogens is 1. The molecule has 8 heteroatoms. The van der Waals surface area contributed by atoms with E-state index in [-0.39, 0.29) is 17.1 Å². The van der Waals surface area contributed by atoms with Crippen molar-refractivity contribution in [3.05, 3.63) is 88.5 Å². The lowest BCUT2D eigenvalue weighted by Crippen LogP contribution is -2.21. The van der Waals surface area contributed by atoms with E-state index < -0.39 is 0 Å². The van der Waals surface area contributed by atoms with E-state index in [4.69, 9.17) is 0 Å². The van der Waals surface area contributed by atoms with E-state index in [0.29, 0.717) is 33.2 Å². The number of nitrogens with one attached hydrogen (secondary N) is 1. The maximum absolute atomic E-state index is 13.3. The fourth-order valence-electron chi connectivity index (χ4n) is 3.41. The first kappa shape index (κ1) is 18.4. The predicted molar refractivity (Wildman–Crippen MR) is 117 cm³/mol. The molecule has 148 valence electrons. The molecule has 0 unspecified atom stereocenters. The minimum absolute atomic E-state index is 0.0297. The maximum Gasteiger partial charge on any atom is 0.267 e. The Balaban J connectivity index is 1.68. The fourth-order valence-corrected chi connectivity index (χ4v) is 4.23. The number of aromatic nitrogens is 5. The Morgan fingerprint density at radius 1 is 1.03 bits per heavy atom. The van der Waals surface area contributed by atoms with Crippen molar-refractivity contribution in [2.24, 2.45) is 0 Å². The van der Waals surface area contributed by atoms with Gasteiger partial charge in [0.2, 0.25) is 5.78 Å². The summed E-state index contributed by atoms with van der Waals surface area (Å²) in [6.45, 7) is 2.00. The molecule has 0 bridgehead atoms. The highest BCUT2D eigenvalue weighted by atomic mass is 32.2. The summed E-state index contributed by atoms with van der Waals surface area (Å²) >= 11 is 1.29. The number of aromatic amines is 1. The number of carbonyl (C=O) groups excluding carboxylic acids is 1. The standard InChI is InChI=1S/C22H17N5O2S/c1-14-8-10-15(11-9-14)26-20(29)16-5-2-3-7-18(16)27-21(26)24-25-22(27)30-13-19(28)17-6-4-12-23-17/h2-12,23H,13H2,1H3. The molecule has 0 amide bonds. The molecule has 0 radical (unpaired) electrons. The Morgan fingerprint density at radius 3 is 2.60 bits per heavy atom. The summed E-state index contributed by atoms with van der Waals surface area (Å²) in [4.78, 5) is 28.6. The highest BCUT2D eigenvalue weighted by molar-refractivity contribution is 7.99. The van der Waals surface area contributed by atoms with Gasteiger partial charge in [-0.2, -0.15) is 0 Å². The lowest BCUT2D eigenvalue weighted by molar-refractivity contribution is 0.101. The Labute approximate surface area is 175 Å². The Bertz CT molecular complexity index is 1430. The lowest BCUT2D eigenvalue weighted by atomic mass is 10.2. The number of Topliss-reactive ketones (excluding diaryl/α,β-unsaturated/α-hetero) is 1. The topological polar surface area (TPSA) is 85.0 Å². The molecule has 0 saturated heterocycles. The second-order valence-electron chi connectivity index (χ2n) is 6.91. The van der Waals surface area contributed by atoms with Crippen LogP contribution in [0.25, 0.3) is 22.4 Å². The first-order chi connectivity index (χ1) is 14.6. The van der Waals surface area contributed by atoms with Crippen molar-refractivity contribution in [1.29, 1.82) is 0 Å². The number of hydrogen-bond acceptors (Lipinski definition) is 5. The third-order valence-corrected chi connectivity index (χ3v) is 5.85.